The van der Waals surface area contributed by atoms with Crippen molar-refractivity contribution in [2.75, 3.05) is 11.9 Å². The molecule has 0 bridgehead atoms. The van der Waals surface area contributed by atoms with Crippen LogP contribution in [-0.4, -0.2) is 38.9 Å². The molecule has 234 valence electrons. The van der Waals surface area contributed by atoms with E-state index in [9.17, 15) is 22.8 Å². The first-order valence-electron chi connectivity index (χ1n) is 14.1. The van der Waals surface area contributed by atoms with Crippen molar-refractivity contribution in [3.8, 4) is 0 Å². The highest BCUT2D eigenvalue weighted by Crippen LogP contribution is 2.29. The van der Waals surface area contributed by atoms with E-state index in [-0.39, 0.29) is 34.9 Å². The van der Waals surface area contributed by atoms with Crippen LogP contribution in [-0.2, 0) is 37.5 Å². The number of benzene rings is 4. The number of nitrogens with two attached hydrogens (primary N) is 1. The molecule has 0 spiro atoms. The van der Waals surface area contributed by atoms with Crippen LogP contribution in [0.4, 0.5) is 5.69 Å². The third kappa shape index (κ3) is 9.08. The molecule has 4 aromatic rings. The van der Waals surface area contributed by atoms with Gasteiger partial charge < -0.3 is 20.5 Å². The van der Waals surface area contributed by atoms with Gasteiger partial charge in [-0.3, -0.25) is 14.4 Å². The van der Waals surface area contributed by atoms with Crippen molar-refractivity contribution in [2.45, 2.75) is 38.1 Å². The number of para-hydroxylation sites is 1. The monoisotopic (exact) mass is 629 g/mol. The summed E-state index contributed by atoms with van der Waals surface area (Å²) in [6.45, 7) is 4.30. The number of rotatable bonds is 14. The number of hydrogen-bond acceptors (Lipinski definition) is 7. The second-order valence-corrected chi connectivity index (χ2v) is 12.7. The third-order valence-corrected chi connectivity index (χ3v) is 8.28. The Balaban J connectivity index is 1.53. The maximum atomic E-state index is 13.8. The zero-order chi connectivity index (χ0) is 32.5. The van der Waals surface area contributed by atoms with E-state index in [1.54, 1.807) is 6.07 Å². The summed E-state index contributed by atoms with van der Waals surface area (Å²) >= 11 is 0. The molecule has 0 saturated carbocycles. The first-order chi connectivity index (χ1) is 21.5. The van der Waals surface area contributed by atoms with Gasteiger partial charge in [0.25, 0.3) is 21.8 Å². The molecular weight excluding hydrogens is 594 g/mol. The quantitative estimate of drug-likeness (QED) is 0.183. The Kier molecular flexibility index (Phi) is 10.8. The predicted octanol–water partition coefficient (Wildman–Crippen LogP) is 4.67. The minimum absolute atomic E-state index is 0.00304. The molecule has 1 unspecified atom stereocenters. The molecule has 0 fully saturated rings. The van der Waals surface area contributed by atoms with E-state index in [4.69, 9.17) is 15.2 Å². The van der Waals surface area contributed by atoms with Crippen molar-refractivity contribution >= 4 is 33.4 Å². The summed E-state index contributed by atoms with van der Waals surface area (Å²) in [6, 6.07) is 29.9. The van der Waals surface area contributed by atoms with E-state index in [1.165, 1.54) is 42.5 Å². The fourth-order valence-corrected chi connectivity index (χ4v) is 5.65. The normalized spacial score (nSPS) is 12.2. The standard InChI is InChI=1S/C34H35N3O7S/c1-34(2,23-43-21-24-11-5-3-6-12-24)30(44-22-25-13-7-4-8-14-25)33(40)36-28-15-9-10-16-29(28)45(41,42)37-32(39)27-19-17-26(18-20-27)31(35)38/h3-20,30H,21-23H2,1-2H3,(H2,35,38)(H,36,40)(H,37,39). The third-order valence-electron chi connectivity index (χ3n) is 6.89. The Bertz CT molecular complexity index is 1730. The summed E-state index contributed by atoms with van der Waals surface area (Å²) in [7, 11) is -4.44. The van der Waals surface area contributed by atoms with Crippen molar-refractivity contribution < 1.29 is 32.3 Å². The molecule has 10 nitrogen and oxygen atoms in total. The zero-order valence-electron chi connectivity index (χ0n) is 24.9. The topological polar surface area (TPSA) is 154 Å². The molecule has 3 amide bonds. The number of nitrogens with one attached hydrogen (secondary N) is 2. The fourth-order valence-electron chi connectivity index (χ4n) is 4.52. The molecule has 0 aliphatic heterocycles. The Hall–Kier alpha value is -4.84. The van der Waals surface area contributed by atoms with E-state index < -0.39 is 39.3 Å². The van der Waals surface area contributed by atoms with Crippen LogP contribution in [0.2, 0.25) is 0 Å². The average Bonchev–Trinajstić information content (AvgIpc) is 3.02. The van der Waals surface area contributed by atoms with Crippen molar-refractivity contribution in [1.82, 2.24) is 4.72 Å². The second kappa shape index (κ2) is 14.8. The van der Waals surface area contributed by atoms with Crippen LogP contribution < -0.4 is 15.8 Å². The van der Waals surface area contributed by atoms with Gasteiger partial charge in [0, 0.05) is 16.5 Å². The zero-order valence-corrected chi connectivity index (χ0v) is 25.8. The average molecular weight is 630 g/mol. The molecular formula is C34H35N3O7S. The van der Waals surface area contributed by atoms with Gasteiger partial charge in [0.15, 0.2) is 0 Å². The molecule has 1 atom stereocenters. The highest BCUT2D eigenvalue weighted by molar-refractivity contribution is 7.90. The van der Waals surface area contributed by atoms with Gasteiger partial charge in [-0.15, -0.1) is 0 Å². The van der Waals surface area contributed by atoms with Crippen molar-refractivity contribution in [3.05, 3.63) is 131 Å². The van der Waals surface area contributed by atoms with Crippen LogP contribution in [0.15, 0.2) is 114 Å². The molecule has 0 aliphatic rings. The Labute approximate surface area is 262 Å². The molecule has 0 heterocycles. The lowest BCUT2D eigenvalue weighted by Gasteiger charge is -2.33. The molecule has 0 saturated heterocycles. The number of primary amides is 1. The second-order valence-electron chi connectivity index (χ2n) is 11.0. The lowest BCUT2D eigenvalue weighted by atomic mass is 9.86. The summed E-state index contributed by atoms with van der Waals surface area (Å²) in [5.41, 5.74) is 6.34. The lowest BCUT2D eigenvalue weighted by Crippen LogP contribution is -2.45. The lowest BCUT2D eigenvalue weighted by molar-refractivity contribution is -0.141. The smallest absolute Gasteiger partial charge is 0.266 e. The number of anilines is 1. The van der Waals surface area contributed by atoms with Crippen LogP contribution >= 0.6 is 0 Å². The van der Waals surface area contributed by atoms with Crippen LogP contribution in [0.5, 0.6) is 0 Å². The minimum atomic E-state index is -4.44. The molecule has 4 aromatic carbocycles. The molecule has 0 aromatic heterocycles. The summed E-state index contributed by atoms with van der Waals surface area (Å²) in [4.78, 5) is 37.6. The molecule has 45 heavy (non-hydrogen) atoms. The van der Waals surface area contributed by atoms with Crippen molar-refractivity contribution in [3.63, 3.8) is 0 Å². The number of hydrogen-bond donors (Lipinski definition) is 3. The Morgan fingerprint density at radius 1 is 0.756 bits per heavy atom. The van der Waals surface area contributed by atoms with E-state index in [0.29, 0.717) is 6.61 Å². The Morgan fingerprint density at radius 3 is 1.89 bits per heavy atom. The van der Waals surface area contributed by atoms with Crippen LogP contribution in [0.1, 0.15) is 45.7 Å². The molecule has 4 N–H and O–H groups in total. The number of sulfonamides is 1. The molecule has 0 radical (unpaired) electrons. The van der Waals surface area contributed by atoms with Crippen LogP contribution in [0.3, 0.4) is 0 Å². The summed E-state index contributed by atoms with van der Waals surface area (Å²) in [5, 5.41) is 2.70. The Morgan fingerprint density at radius 2 is 1.29 bits per heavy atom. The van der Waals surface area contributed by atoms with E-state index in [2.05, 4.69) is 5.32 Å². The predicted molar refractivity (Wildman–Crippen MR) is 170 cm³/mol. The van der Waals surface area contributed by atoms with Gasteiger partial charge in [-0.25, -0.2) is 13.1 Å². The summed E-state index contributed by atoms with van der Waals surface area (Å²) < 4.78 is 40.8. The number of ether oxygens (including phenoxy) is 2. The van der Waals surface area contributed by atoms with E-state index >= 15 is 0 Å². The largest absolute Gasteiger partial charge is 0.376 e. The molecule has 11 heteroatoms. The van der Waals surface area contributed by atoms with Crippen LogP contribution in [0, 0.1) is 5.41 Å². The molecule has 4 rings (SSSR count). The van der Waals surface area contributed by atoms with Crippen LogP contribution in [0.25, 0.3) is 0 Å². The summed E-state index contributed by atoms with van der Waals surface area (Å²) in [5.74, 6) is -2.19. The highest BCUT2D eigenvalue weighted by Gasteiger charge is 2.37. The number of carbonyl (C=O) groups excluding carboxylic acids is 3. The van der Waals surface area contributed by atoms with Crippen molar-refractivity contribution in [1.29, 1.82) is 0 Å². The van der Waals surface area contributed by atoms with Gasteiger partial charge in [0.2, 0.25) is 5.91 Å². The minimum Gasteiger partial charge on any atom is -0.376 e. The SMILES string of the molecule is CC(C)(COCc1ccccc1)C(OCc1ccccc1)C(=O)Nc1ccccc1S(=O)(=O)NC(=O)c1ccc(C(N)=O)cc1. The van der Waals surface area contributed by atoms with Gasteiger partial charge in [0.1, 0.15) is 11.0 Å². The van der Waals surface area contributed by atoms with E-state index in [1.807, 2.05) is 79.2 Å². The van der Waals surface area contributed by atoms with Gasteiger partial charge in [-0.1, -0.05) is 86.6 Å². The maximum Gasteiger partial charge on any atom is 0.266 e. The number of amides is 3. The maximum absolute atomic E-state index is 13.8. The van der Waals surface area contributed by atoms with Gasteiger partial charge in [-0.05, 0) is 47.5 Å². The van der Waals surface area contributed by atoms with E-state index in [0.717, 1.165) is 11.1 Å². The first-order valence-corrected chi connectivity index (χ1v) is 15.6. The van der Waals surface area contributed by atoms with Crippen molar-refractivity contribution in [2.24, 2.45) is 11.1 Å². The highest BCUT2D eigenvalue weighted by atomic mass is 32.2. The summed E-state index contributed by atoms with van der Waals surface area (Å²) in [6.07, 6.45) is -1.05. The number of carbonyl (C=O) groups is 3. The molecule has 0 aliphatic carbocycles. The van der Waals surface area contributed by atoms with Gasteiger partial charge in [-0.2, -0.15) is 0 Å². The van der Waals surface area contributed by atoms with Gasteiger partial charge >= 0.3 is 0 Å². The van der Waals surface area contributed by atoms with Gasteiger partial charge in [0.05, 0.1) is 25.5 Å². The fraction of sp³-hybridized carbons (Fsp3) is 0.206. The first kappa shape index (κ1) is 33.1.